The first kappa shape index (κ1) is 15.4. The molecule has 8 heteroatoms. The van der Waals surface area contributed by atoms with Crippen molar-refractivity contribution in [3.8, 4) is 11.5 Å². The Balaban J connectivity index is 1.79. The van der Waals surface area contributed by atoms with Gasteiger partial charge in [-0.25, -0.2) is 13.1 Å². The summed E-state index contributed by atoms with van der Waals surface area (Å²) in [5, 5.41) is 0.190. The van der Waals surface area contributed by atoms with Gasteiger partial charge in [0.15, 0.2) is 11.5 Å². The van der Waals surface area contributed by atoms with E-state index in [-0.39, 0.29) is 28.3 Å². The Morgan fingerprint density at radius 1 is 1.09 bits per heavy atom. The minimum atomic E-state index is -3.76. The Kier molecular flexibility index (Phi) is 4.18. The maximum atomic E-state index is 12.3. The van der Waals surface area contributed by atoms with Crippen molar-refractivity contribution < 1.29 is 17.9 Å². The summed E-state index contributed by atoms with van der Waals surface area (Å²) in [6, 6.07) is 9.68. The largest absolute Gasteiger partial charge is 0.454 e. The lowest BCUT2D eigenvalue weighted by Crippen LogP contribution is -2.23. The lowest BCUT2D eigenvalue weighted by atomic mass is 10.2. The average molecular weight is 360 g/mol. The third-order valence-corrected chi connectivity index (χ3v) is 5.48. The summed E-state index contributed by atoms with van der Waals surface area (Å²) in [6.45, 7) is 0.268. The summed E-state index contributed by atoms with van der Waals surface area (Å²) in [4.78, 5) is -0.0533. The number of halogens is 2. The number of fused-ring (bicyclic) bond motifs is 1. The second-order valence-corrected chi connectivity index (χ2v) is 7.08. The fraction of sp³-hybridized carbons (Fsp3) is 0.143. The quantitative estimate of drug-likeness (QED) is 0.910. The van der Waals surface area contributed by atoms with Crippen molar-refractivity contribution in [3.63, 3.8) is 0 Å². The number of rotatable bonds is 4. The summed E-state index contributed by atoms with van der Waals surface area (Å²) in [7, 11) is -3.76. The molecule has 0 amide bonds. The number of hydrogen-bond acceptors (Lipinski definition) is 4. The van der Waals surface area contributed by atoms with Crippen LogP contribution in [0.4, 0.5) is 0 Å². The van der Waals surface area contributed by atoms with Gasteiger partial charge >= 0.3 is 0 Å². The molecule has 0 aromatic heterocycles. The average Bonchev–Trinajstić information content (AvgIpc) is 2.95. The van der Waals surface area contributed by atoms with Gasteiger partial charge in [-0.1, -0.05) is 35.3 Å². The van der Waals surface area contributed by atoms with Gasteiger partial charge in [-0.3, -0.25) is 0 Å². The summed E-state index contributed by atoms with van der Waals surface area (Å²) in [5.41, 5.74) is 0.742. The molecule has 0 saturated heterocycles. The van der Waals surface area contributed by atoms with E-state index in [1.165, 1.54) is 18.2 Å². The summed E-state index contributed by atoms with van der Waals surface area (Å²) in [5.74, 6) is 1.24. The number of sulfonamides is 1. The van der Waals surface area contributed by atoms with Gasteiger partial charge in [0.25, 0.3) is 0 Å². The minimum absolute atomic E-state index is 0.00218. The molecule has 2 aromatic rings. The van der Waals surface area contributed by atoms with Crippen LogP contribution < -0.4 is 14.2 Å². The monoisotopic (exact) mass is 359 g/mol. The fourth-order valence-corrected chi connectivity index (χ4v) is 3.78. The maximum Gasteiger partial charge on any atom is 0.242 e. The van der Waals surface area contributed by atoms with Crippen molar-refractivity contribution in [1.29, 1.82) is 0 Å². The van der Waals surface area contributed by atoms with Gasteiger partial charge < -0.3 is 9.47 Å². The van der Waals surface area contributed by atoms with E-state index in [0.717, 1.165) is 5.56 Å². The van der Waals surface area contributed by atoms with Crippen LogP contribution in [0.3, 0.4) is 0 Å². The summed E-state index contributed by atoms with van der Waals surface area (Å²) in [6.07, 6.45) is 0. The highest BCUT2D eigenvalue weighted by atomic mass is 35.5. The first-order valence-corrected chi connectivity index (χ1v) is 8.53. The molecule has 0 atom stereocenters. The van der Waals surface area contributed by atoms with Crippen molar-refractivity contribution >= 4 is 33.2 Å². The van der Waals surface area contributed by atoms with Crippen LogP contribution in [0.1, 0.15) is 5.56 Å². The molecule has 1 aliphatic heterocycles. The Labute approximate surface area is 137 Å². The van der Waals surface area contributed by atoms with Crippen molar-refractivity contribution in [2.45, 2.75) is 11.4 Å². The van der Waals surface area contributed by atoms with Crippen LogP contribution in [-0.4, -0.2) is 15.2 Å². The molecule has 0 radical (unpaired) electrons. The highest BCUT2D eigenvalue weighted by Gasteiger charge is 2.20. The van der Waals surface area contributed by atoms with Crippen LogP contribution in [-0.2, 0) is 16.6 Å². The molecule has 1 heterocycles. The first-order chi connectivity index (χ1) is 10.5. The van der Waals surface area contributed by atoms with Crippen molar-refractivity contribution in [1.82, 2.24) is 4.72 Å². The predicted octanol–water partition coefficient (Wildman–Crippen LogP) is 3.20. The van der Waals surface area contributed by atoms with Gasteiger partial charge in [-0.15, -0.1) is 0 Å². The van der Waals surface area contributed by atoms with E-state index in [1.54, 1.807) is 18.2 Å². The first-order valence-electron chi connectivity index (χ1n) is 6.29. The Morgan fingerprint density at radius 3 is 2.68 bits per heavy atom. The van der Waals surface area contributed by atoms with Crippen LogP contribution in [0.15, 0.2) is 41.3 Å². The molecule has 0 fully saturated rings. The molecule has 0 saturated carbocycles. The van der Waals surface area contributed by atoms with Crippen LogP contribution in [0.5, 0.6) is 11.5 Å². The van der Waals surface area contributed by atoms with Gasteiger partial charge in [0.2, 0.25) is 16.8 Å². The minimum Gasteiger partial charge on any atom is -0.454 e. The normalized spacial score (nSPS) is 13.4. The molecule has 116 valence electrons. The van der Waals surface area contributed by atoms with E-state index >= 15 is 0 Å². The zero-order valence-corrected chi connectivity index (χ0v) is 13.5. The molecular weight excluding hydrogens is 349 g/mol. The number of benzene rings is 2. The Bertz CT molecular complexity index is 824. The van der Waals surface area contributed by atoms with Crippen LogP contribution in [0.2, 0.25) is 10.0 Å². The lowest BCUT2D eigenvalue weighted by molar-refractivity contribution is 0.174. The molecule has 0 bridgehead atoms. The Morgan fingerprint density at radius 2 is 1.86 bits per heavy atom. The van der Waals surface area contributed by atoms with Crippen LogP contribution >= 0.6 is 23.2 Å². The molecule has 1 aliphatic rings. The SMILES string of the molecule is O=S(=O)(NCc1ccc2c(c1)OCO2)c1cccc(Cl)c1Cl. The molecule has 0 spiro atoms. The topological polar surface area (TPSA) is 64.6 Å². The molecule has 1 N–H and O–H groups in total. The number of hydrogen-bond donors (Lipinski definition) is 1. The second kappa shape index (κ2) is 5.96. The highest BCUT2D eigenvalue weighted by molar-refractivity contribution is 7.89. The summed E-state index contributed by atoms with van der Waals surface area (Å²) >= 11 is 11.8. The van der Waals surface area contributed by atoms with Crippen molar-refractivity contribution in [2.24, 2.45) is 0 Å². The zero-order valence-electron chi connectivity index (χ0n) is 11.2. The fourth-order valence-electron chi connectivity index (χ4n) is 2.00. The predicted molar refractivity (Wildman–Crippen MR) is 83.1 cm³/mol. The van der Waals surface area contributed by atoms with E-state index in [0.29, 0.717) is 11.5 Å². The van der Waals surface area contributed by atoms with E-state index in [1.807, 2.05) is 0 Å². The van der Waals surface area contributed by atoms with Crippen LogP contribution in [0, 0.1) is 0 Å². The van der Waals surface area contributed by atoms with Gasteiger partial charge in [0, 0.05) is 6.54 Å². The molecule has 0 unspecified atom stereocenters. The van der Waals surface area contributed by atoms with Gasteiger partial charge in [-0.05, 0) is 29.8 Å². The smallest absolute Gasteiger partial charge is 0.242 e. The maximum absolute atomic E-state index is 12.3. The lowest BCUT2D eigenvalue weighted by Gasteiger charge is -2.09. The molecule has 0 aliphatic carbocycles. The van der Waals surface area contributed by atoms with Gasteiger partial charge in [0.1, 0.15) is 4.90 Å². The second-order valence-electron chi connectivity index (χ2n) is 4.56. The van der Waals surface area contributed by atoms with Gasteiger partial charge in [-0.2, -0.15) is 0 Å². The third-order valence-electron chi connectivity index (χ3n) is 3.11. The molecule has 2 aromatic carbocycles. The number of nitrogens with one attached hydrogen (secondary N) is 1. The highest BCUT2D eigenvalue weighted by Crippen LogP contribution is 2.33. The van der Waals surface area contributed by atoms with Crippen molar-refractivity contribution in [3.05, 3.63) is 52.0 Å². The molecule has 3 rings (SSSR count). The number of ether oxygens (including phenoxy) is 2. The molecular formula is C14H11Cl2NO4S. The third kappa shape index (κ3) is 3.01. The van der Waals surface area contributed by atoms with Crippen molar-refractivity contribution in [2.75, 3.05) is 6.79 Å². The standard InChI is InChI=1S/C14H11Cl2NO4S/c15-10-2-1-3-13(14(10)16)22(18,19)17-7-9-4-5-11-12(6-9)21-8-20-11/h1-6,17H,7-8H2. The molecule has 22 heavy (non-hydrogen) atoms. The Hall–Kier alpha value is -1.47. The van der Waals surface area contributed by atoms with E-state index in [9.17, 15) is 8.42 Å². The summed E-state index contributed by atoms with van der Waals surface area (Å²) < 4.78 is 37.5. The zero-order chi connectivity index (χ0) is 15.7. The van der Waals surface area contributed by atoms with E-state index in [2.05, 4.69) is 4.72 Å². The molecule has 5 nitrogen and oxygen atoms in total. The van der Waals surface area contributed by atoms with Gasteiger partial charge in [0.05, 0.1) is 10.0 Å². The van der Waals surface area contributed by atoms with Crippen LogP contribution in [0.25, 0.3) is 0 Å². The van der Waals surface area contributed by atoms with E-state index < -0.39 is 10.0 Å². The van der Waals surface area contributed by atoms with E-state index in [4.69, 9.17) is 32.7 Å².